The average Bonchev–Trinajstić information content (AvgIpc) is 2.61. The van der Waals surface area contributed by atoms with Crippen molar-refractivity contribution in [3.8, 4) is 0 Å². The Hall–Kier alpha value is -2.96. The van der Waals surface area contributed by atoms with E-state index in [1.165, 1.54) is 0 Å². The van der Waals surface area contributed by atoms with E-state index < -0.39 is 24.1 Å². The molecule has 2 aromatic carbocycles. The molecule has 0 aliphatic carbocycles. The zero-order chi connectivity index (χ0) is 18.2. The van der Waals surface area contributed by atoms with Crippen LogP contribution in [0.15, 0.2) is 54.6 Å². The summed E-state index contributed by atoms with van der Waals surface area (Å²) in [4.78, 5) is 22.0. The van der Waals surface area contributed by atoms with Crippen LogP contribution in [0.4, 0.5) is 0 Å². The van der Waals surface area contributed by atoms with Crippen molar-refractivity contribution >= 4 is 24.1 Å². The topological polar surface area (TPSA) is 110 Å². The first kappa shape index (κ1) is 18.4. The molecule has 0 saturated carbocycles. The van der Waals surface area contributed by atoms with Crippen LogP contribution < -0.4 is 5.73 Å². The molecule has 0 unspecified atom stereocenters. The fraction of sp³-hybridized carbons (Fsp3) is 0.158. The molecule has 130 valence electrons. The number of carboxylic acid groups (broad SMARTS) is 2. The second kappa shape index (κ2) is 8.77. The van der Waals surface area contributed by atoms with Gasteiger partial charge >= 0.3 is 11.9 Å². The molecule has 4 N–H and O–H groups in total. The number of aliphatic carboxylic acids is 2. The molecule has 0 fully saturated rings. The Morgan fingerprint density at radius 3 is 2.24 bits per heavy atom. The maximum atomic E-state index is 11.1. The lowest BCUT2D eigenvalue weighted by Crippen LogP contribution is -2.47. The highest BCUT2D eigenvalue weighted by atomic mass is 16.5. The molecule has 6 heteroatoms. The van der Waals surface area contributed by atoms with Crippen molar-refractivity contribution in [2.45, 2.75) is 18.8 Å². The molecule has 0 aliphatic heterocycles. The lowest BCUT2D eigenvalue weighted by molar-refractivity contribution is -0.159. The van der Waals surface area contributed by atoms with E-state index in [4.69, 9.17) is 20.7 Å². The molecule has 6 nitrogen and oxygen atoms in total. The number of ether oxygens (including phenoxy) is 1. The Bertz CT molecular complexity index is 757. The minimum atomic E-state index is -1.63. The van der Waals surface area contributed by atoms with Crippen LogP contribution in [-0.4, -0.2) is 34.3 Å². The van der Waals surface area contributed by atoms with Crippen LogP contribution in [-0.2, 0) is 20.9 Å². The van der Waals surface area contributed by atoms with E-state index in [0.717, 1.165) is 16.7 Å². The number of carboxylic acids is 2. The molecule has 0 aliphatic rings. The molecular weight excluding hydrogens is 322 g/mol. The SMILES string of the molecule is N[C@H](C(=O)O)[C@H](OCc1cccc(/C=C/c2ccccc2)c1)C(=O)O. The van der Waals surface area contributed by atoms with Crippen LogP contribution in [0.25, 0.3) is 12.2 Å². The third-order valence-electron chi connectivity index (χ3n) is 3.50. The minimum absolute atomic E-state index is 0.0506. The molecule has 2 aromatic rings. The van der Waals surface area contributed by atoms with Gasteiger partial charge in [-0.05, 0) is 22.8 Å². The quantitative estimate of drug-likeness (QED) is 0.635. The summed E-state index contributed by atoms with van der Waals surface area (Å²) in [5.41, 5.74) is 8.05. The van der Waals surface area contributed by atoms with E-state index >= 15 is 0 Å². The summed E-state index contributed by atoms with van der Waals surface area (Å²) in [5, 5.41) is 17.9. The van der Waals surface area contributed by atoms with Gasteiger partial charge in [-0.2, -0.15) is 0 Å². The molecule has 0 bridgehead atoms. The second-order valence-electron chi connectivity index (χ2n) is 5.42. The van der Waals surface area contributed by atoms with Crippen molar-refractivity contribution in [2.24, 2.45) is 5.73 Å². The van der Waals surface area contributed by atoms with Crippen LogP contribution in [0.1, 0.15) is 16.7 Å². The highest BCUT2D eigenvalue weighted by molar-refractivity contribution is 5.84. The molecule has 2 atom stereocenters. The van der Waals surface area contributed by atoms with Gasteiger partial charge in [0, 0.05) is 0 Å². The summed E-state index contributed by atoms with van der Waals surface area (Å²) in [5.74, 6) is -2.83. The van der Waals surface area contributed by atoms with Gasteiger partial charge in [-0.1, -0.05) is 60.7 Å². The maximum absolute atomic E-state index is 11.1. The monoisotopic (exact) mass is 341 g/mol. The lowest BCUT2D eigenvalue weighted by Gasteiger charge is -2.17. The van der Waals surface area contributed by atoms with Crippen molar-refractivity contribution in [3.63, 3.8) is 0 Å². The van der Waals surface area contributed by atoms with Gasteiger partial charge in [0.15, 0.2) is 6.10 Å². The number of rotatable bonds is 8. The third kappa shape index (κ3) is 5.56. The van der Waals surface area contributed by atoms with E-state index in [9.17, 15) is 9.59 Å². The van der Waals surface area contributed by atoms with E-state index in [1.54, 1.807) is 6.07 Å². The minimum Gasteiger partial charge on any atom is -0.480 e. The van der Waals surface area contributed by atoms with Crippen molar-refractivity contribution in [3.05, 3.63) is 71.3 Å². The average molecular weight is 341 g/mol. The molecule has 0 aromatic heterocycles. The van der Waals surface area contributed by atoms with Crippen molar-refractivity contribution < 1.29 is 24.5 Å². The van der Waals surface area contributed by atoms with Crippen LogP contribution in [0.3, 0.4) is 0 Å². The molecule has 2 rings (SSSR count). The standard InChI is InChI=1S/C19H19NO5/c20-16(18(21)22)17(19(23)24)25-12-15-8-4-7-14(11-15)10-9-13-5-2-1-3-6-13/h1-11,16-17H,12,20H2,(H,21,22)(H,23,24)/b10-9+/t16-,17-/m0/s1. The Morgan fingerprint density at radius 2 is 1.60 bits per heavy atom. The molecule has 0 amide bonds. The predicted molar refractivity (Wildman–Crippen MR) is 93.6 cm³/mol. The largest absolute Gasteiger partial charge is 0.480 e. The zero-order valence-corrected chi connectivity index (χ0v) is 13.4. The van der Waals surface area contributed by atoms with E-state index in [1.807, 2.05) is 60.7 Å². The Labute approximate surface area is 145 Å². The second-order valence-corrected chi connectivity index (χ2v) is 5.42. The first-order valence-electron chi connectivity index (χ1n) is 7.62. The van der Waals surface area contributed by atoms with Gasteiger partial charge in [0.1, 0.15) is 6.04 Å². The van der Waals surface area contributed by atoms with Crippen LogP contribution in [0.2, 0.25) is 0 Å². The molecular formula is C19H19NO5. The highest BCUT2D eigenvalue weighted by Crippen LogP contribution is 2.12. The smallest absolute Gasteiger partial charge is 0.335 e. The first-order valence-corrected chi connectivity index (χ1v) is 7.62. The van der Waals surface area contributed by atoms with Crippen LogP contribution in [0, 0.1) is 0 Å². The van der Waals surface area contributed by atoms with Gasteiger partial charge in [-0.25, -0.2) is 4.79 Å². The summed E-state index contributed by atoms with van der Waals surface area (Å²) < 4.78 is 5.20. The lowest BCUT2D eigenvalue weighted by atomic mass is 10.1. The summed E-state index contributed by atoms with van der Waals surface area (Å²) in [6, 6.07) is 15.5. The molecule has 0 radical (unpaired) electrons. The number of nitrogens with two attached hydrogens (primary N) is 1. The van der Waals surface area contributed by atoms with Gasteiger partial charge in [-0.15, -0.1) is 0 Å². The Balaban J connectivity index is 2.04. The predicted octanol–water partition coefficient (Wildman–Crippen LogP) is 2.24. The number of hydrogen-bond donors (Lipinski definition) is 3. The molecule has 0 heterocycles. The van der Waals surface area contributed by atoms with Crippen molar-refractivity contribution in [1.29, 1.82) is 0 Å². The maximum Gasteiger partial charge on any atom is 0.335 e. The molecule has 25 heavy (non-hydrogen) atoms. The van der Waals surface area contributed by atoms with Gasteiger partial charge in [0.05, 0.1) is 6.61 Å². The fourth-order valence-electron chi connectivity index (χ4n) is 2.19. The summed E-state index contributed by atoms with van der Waals surface area (Å²) in [6.45, 7) is -0.0506. The highest BCUT2D eigenvalue weighted by Gasteiger charge is 2.31. The normalized spacial score (nSPS) is 13.5. The summed E-state index contributed by atoms with van der Waals surface area (Å²) in [7, 11) is 0. The number of hydrogen-bond acceptors (Lipinski definition) is 4. The zero-order valence-electron chi connectivity index (χ0n) is 13.4. The first-order chi connectivity index (χ1) is 12.0. The number of benzene rings is 2. The fourth-order valence-corrected chi connectivity index (χ4v) is 2.19. The van der Waals surface area contributed by atoms with E-state index in [0.29, 0.717) is 0 Å². The number of carbonyl (C=O) groups is 2. The van der Waals surface area contributed by atoms with Gasteiger partial charge < -0.3 is 20.7 Å². The van der Waals surface area contributed by atoms with E-state index in [2.05, 4.69) is 0 Å². The Kier molecular flexibility index (Phi) is 6.45. The Morgan fingerprint density at radius 1 is 0.960 bits per heavy atom. The van der Waals surface area contributed by atoms with Gasteiger partial charge in [0.2, 0.25) is 0 Å². The summed E-state index contributed by atoms with van der Waals surface area (Å²) in [6.07, 6.45) is 2.28. The van der Waals surface area contributed by atoms with E-state index in [-0.39, 0.29) is 6.61 Å². The molecule has 0 spiro atoms. The molecule has 0 saturated heterocycles. The van der Waals surface area contributed by atoms with Crippen LogP contribution >= 0.6 is 0 Å². The van der Waals surface area contributed by atoms with Crippen LogP contribution in [0.5, 0.6) is 0 Å². The summed E-state index contributed by atoms with van der Waals surface area (Å²) >= 11 is 0. The van der Waals surface area contributed by atoms with Crippen molar-refractivity contribution in [2.75, 3.05) is 0 Å². The van der Waals surface area contributed by atoms with Gasteiger partial charge in [0.25, 0.3) is 0 Å². The van der Waals surface area contributed by atoms with Gasteiger partial charge in [-0.3, -0.25) is 4.79 Å². The third-order valence-corrected chi connectivity index (χ3v) is 3.50. The van der Waals surface area contributed by atoms with Crippen molar-refractivity contribution in [1.82, 2.24) is 0 Å².